The summed E-state index contributed by atoms with van der Waals surface area (Å²) in [6.45, 7) is 0.534. The van der Waals surface area contributed by atoms with Crippen molar-refractivity contribution in [2.45, 2.75) is 18.3 Å². The molecular formula is C14H15ClF3N3O2S. The fourth-order valence-corrected chi connectivity index (χ4v) is 2.89. The second-order valence-electron chi connectivity index (χ2n) is 5.24. The van der Waals surface area contributed by atoms with E-state index >= 15 is 0 Å². The minimum atomic E-state index is -4.42. The molecule has 0 aliphatic carbocycles. The van der Waals surface area contributed by atoms with Crippen LogP contribution in [0, 0.1) is 5.92 Å². The Kier molecular flexibility index (Phi) is 6.34. The third kappa shape index (κ3) is 5.86. The molecule has 1 N–H and O–H groups in total. The fourth-order valence-electron chi connectivity index (χ4n) is 2.30. The number of pyridine rings is 1. The number of carbonyl (C=O) groups excluding carboxylic acids is 2. The van der Waals surface area contributed by atoms with Gasteiger partial charge in [-0.1, -0.05) is 11.6 Å². The molecule has 1 aromatic heterocycles. The Morgan fingerprint density at radius 2 is 2.00 bits per heavy atom. The van der Waals surface area contributed by atoms with Crippen LogP contribution in [0.25, 0.3) is 0 Å². The average molecular weight is 382 g/mol. The van der Waals surface area contributed by atoms with Gasteiger partial charge >= 0.3 is 5.51 Å². The molecule has 2 heterocycles. The van der Waals surface area contributed by atoms with E-state index in [1.165, 1.54) is 11.1 Å². The topological polar surface area (TPSA) is 62.3 Å². The Morgan fingerprint density at radius 3 is 2.54 bits per heavy atom. The summed E-state index contributed by atoms with van der Waals surface area (Å²) in [6.07, 6.45) is 2.22. The Morgan fingerprint density at radius 1 is 1.33 bits per heavy atom. The Balaban J connectivity index is 1.78. The number of piperidine rings is 1. The van der Waals surface area contributed by atoms with E-state index in [0.29, 0.717) is 23.7 Å². The van der Waals surface area contributed by atoms with Crippen LogP contribution in [0.15, 0.2) is 18.3 Å². The first-order chi connectivity index (χ1) is 11.2. The van der Waals surface area contributed by atoms with Gasteiger partial charge in [0.25, 0.3) is 0 Å². The van der Waals surface area contributed by atoms with Crippen LogP contribution in [0.3, 0.4) is 0 Å². The van der Waals surface area contributed by atoms with Gasteiger partial charge in [-0.25, -0.2) is 4.98 Å². The number of hydrogen-bond acceptors (Lipinski definition) is 4. The van der Waals surface area contributed by atoms with Crippen molar-refractivity contribution < 1.29 is 22.8 Å². The standard InChI is InChI=1S/C14H15ClF3N3O2S/c15-10-1-2-11(19-7-10)20-13(23)9-3-5-21(6-4-9)12(22)8-24-14(16,17)18/h1-2,7,9H,3-6,8H2,(H,19,20,23). The molecule has 2 amide bonds. The molecule has 0 unspecified atom stereocenters. The number of alkyl halides is 3. The molecule has 0 aromatic carbocycles. The highest BCUT2D eigenvalue weighted by molar-refractivity contribution is 8.00. The lowest BCUT2D eigenvalue weighted by molar-refractivity contribution is -0.132. The van der Waals surface area contributed by atoms with E-state index in [2.05, 4.69) is 10.3 Å². The zero-order chi connectivity index (χ0) is 17.7. The number of amides is 2. The van der Waals surface area contributed by atoms with Crippen LogP contribution in [0.4, 0.5) is 19.0 Å². The SMILES string of the molecule is O=C(Nc1ccc(Cl)cn1)C1CCN(C(=O)CSC(F)(F)F)CC1. The molecule has 1 fully saturated rings. The quantitative estimate of drug-likeness (QED) is 0.870. The summed E-state index contributed by atoms with van der Waals surface area (Å²) in [5, 5.41) is 3.12. The van der Waals surface area contributed by atoms with Crippen molar-refractivity contribution in [3.8, 4) is 0 Å². The van der Waals surface area contributed by atoms with Crippen molar-refractivity contribution in [2.75, 3.05) is 24.2 Å². The summed E-state index contributed by atoms with van der Waals surface area (Å²) in [7, 11) is 0. The lowest BCUT2D eigenvalue weighted by Crippen LogP contribution is -2.42. The van der Waals surface area contributed by atoms with Gasteiger partial charge in [-0.3, -0.25) is 9.59 Å². The number of carbonyl (C=O) groups is 2. The predicted molar refractivity (Wildman–Crippen MR) is 85.7 cm³/mol. The number of likely N-dealkylation sites (tertiary alicyclic amines) is 1. The lowest BCUT2D eigenvalue weighted by Gasteiger charge is -2.31. The fraction of sp³-hybridized carbons (Fsp3) is 0.500. The van der Waals surface area contributed by atoms with Crippen LogP contribution in [0.2, 0.25) is 5.02 Å². The maximum absolute atomic E-state index is 12.1. The smallest absolute Gasteiger partial charge is 0.342 e. The Hall–Kier alpha value is -1.48. The van der Waals surface area contributed by atoms with Crippen LogP contribution in [-0.4, -0.2) is 46.0 Å². The second kappa shape index (κ2) is 8.06. The van der Waals surface area contributed by atoms with E-state index in [-0.39, 0.29) is 36.7 Å². The molecule has 10 heteroatoms. The van der Waals surface area contributed by atoms with Gasteiger partial charge in [-0.15, -0.1) is 0 Å². The number of thioether (sulfide) groups is 1. The molecule has 5 nitrogen and oxygen atoms in total. The summed E-state index contributed by atoms with van der Waals surface area (Å²) in [5.74, 6) is -1.34. The molecular weight excluding hydrogens is 367 g/mol. The largest absolute Gasteiger partial charge is 0.442 e. The van der Waals surface area contributed by atoms with E-state index in [1.54, 1.807) is 12.1 Å². The third-order valence-corrected chi connectivity index (χ3v) is 4.50. The summed E-state index contributed by atoms with van der Waals surface area (Å²) < 4.78 is 36.3. The molecule has 1 aromatic rings. The maximum atomic E-state index is 12.1. The first-order valence-corrected chi connectivity index (χ1v) is 8.52. The molecule has 0 saturated carbocycles. The molecule has 0 spiro atoms. The van der Waals surface area contributed by atoms with Crippen LogP contribution in [0.1, 0.15) is 12.8 Å². The highest BCUT2D eigenvalue weighted by atomic mass is 35.5. The molecule has 1 aliphatic rings. The van der Waals surface area contributed by atoms with Crippen molar-refractivity contribution in [1.82, 2.24) is 9.88 Å². The van der Waals surface area contributed by atoms with Crippen LogP contribution >= 0.6 is 23.4 Å². The molecule has 0 atom stereocenters. The molecule has 24 heavy (non-hydrogen) atoms. The molecule has 0 radical (unpaired) electrons. The molecule has 1 aliphatic heterocycles. The van der Waals surface area contributed by atoms with Gasteiger partial charge in [0.05, 0.1) is 10.8 Å². The van der Waals surface area contributed by atoms with E-state index in [1.807, 2.05) is 0 Å². The molecule has 132 valence electrons. The van der Waals surface area contributed by atoms with E-state index in [9.17, 15) is 22.8 Å². The molecule has 0 bridgehead atoms. The lowest BCUT2D eigenvalue weighted by atomic mass is 9.96. The predicted octanol–water partition coefficient (Wildman–Crippen LogP) is 3.17. The number of halogens is 4. The van der Waals surface area contributed by atoms with Gasteiger partial charge < -0.3 is 10.2 Å². The van der Waals surface area contributed by atoms with Crippen LogP contribution in [-0.2, 0) is 9.59 Å². The second-order valence-corrected chi connectivity index (χ2v) is 6.72. The van der Waals surface area contributed by atoms with Gasteiger partial charge in [0.15, 0.2) is 0 Å². The number of aromatic nitrogens is 1. The van der Waals surface area contributed by atoms with Crippen molar-refractivity contribution in [1.29, 1.82) is 0 Å². The first-order valence-electron chi connectivity index (χ1n) is 7.15. The zero-order valence-corrected chi connectivity index (χ0v) is 14.0. The van der Waals surface area contributed by atoms with E-state index in [0.717, 1.165) is 0 Å². The van der Waals surface area contributed by atoms with E-state index < -0.39 is 17.2 Å². The van der Waals surface area contributed by atoms with Crippen molar-refractivity contribution in [3.05, 3.63) is 23.4 Å². The number of hydrogen-bond donors (Lipinski definition) is 1. The minimum absolute atomic E-state index is 0.221. The number of nitrogens with zero attached hydrogens (tertiary/aromatic N) is 2. The van der Waals surface area contributed by atoms with Gasteiger partial charge in [-0.2, -0.15) is 13.2 Å². The third-order valence-electron chi connectivity index (χ3n) is 3.56. The molecule has 1 saturated heterocycles. The summed E-state index contributed by atoms with van der Waals surface area (Å²) in [4.78, 5) is 29.2. The van der Waals surface area contributed by atoms with Crippen molar-refractivity contribution in [2.24, 2.45) is 5.92 Å². The Labute approximate surface area is 145 Å². The summed E-state index contributed by atoms with van der Waals surface area (Å²) in [6, 6.07) is 3.18. The minimum Gasteiger partial charge on any atom is -0.342 e. The number of nitrogens with one attached hydrogen (secondary N) is 1. The molecule has 2 rings (SSSR count). The highest BCUT2D eigenvalue weighted by Gasteiger charge is 2.32. The summed E-state index contributed by atoms with van der Waals surface area (Å²) >= 11 is 5.37. The zero-order valence-electron chi connectivity index (χ0n) is 12.5. The summed E-state index contributed by atoms with van der Waals surface area (Å²) in [5.41, 5.74) is -4.42. The average Bonchev–Trinajstić information content (AvgIpc) is 2.54. The first kappa shape index (κ1) is 18.9. The van der Waals surface area contributed by atoms with Crippen LogP contribution < -0.4 is 5.32 Å². The van der Waals surface area contributed by atoms with Gasteiger partial charge in [0, 0.05) is 25.2 Å². The van der Waals surface area contributed by atoms with Crippen LogP contribution in [0.5, 0.6) is 0 Å². The van der Waals surface area contributed by atoms with Gasteiger partial charge in [0.2, 0.25) is 11.8 Å². The normalized spacial score (nSPS) is 16.1. The van der Waals surface area contributed by atoms with Crippen molar-refractivity contribution in [3.63, 3.8) is 0 Å². The van der Waals surface area contributed by atoms with E-state index in [4.69, 9.17) is 11.6 Å². The highest BCUT2D eigenvalue weighted by Crippen LogP contribution is 2.30. The maximum Gasteiger partial charge on any atom is 0.442 e. The Bertz CT molecular complexity index is 590. The van der Waals surface area contributed by atoms with Crippen molar-refractivity contribution >= 4 is 41.0 Å². The monoisotopic (exact) mass is 381 g/mol. The number of anilines is 1. The number of rotatable bonds is 4. The van der Waals surface area contributed by atoms with Gasteiger partial charge in [-0.05, 0) is 36.7 Å². The van der Waals surface area contributed by atoms with Gasteiger partial charge in [0.1, 0.15) is 5.82 Å².